The van der Waals surface area contributed by atoms with Crippen LogP contribution < -0.4 is 4.90 Å². The molecule has 190 valence electrons. The highest BCUT2D eigenvalue weighted by Crippen LogP contribution is 2.33. The lowest BCUT2D eigenvalue weighted by Crippen LogP contribution is -2.56. The van der Waals surface area contributed by atoms with Crippen molar-refractivity contribution in [2.24, 2.45) is 0 Å². The van der Waals surface area contributed by atoms with E-state index in [0.29, 0.717) is 26.3 Å². The second kappa shape index (κ2) is 10.3. The minimum Gasteiger partial charge on any atom is -0.465 e. The highest BCUT2D eigenvalue weighted by molar-refractivity contribution is 5.69. The van der Waals surface area contributed by atoms with Gasteiger partial charge in [0.05, 0.1) is 19.8 Å². The molecule has 0 radical (unpaired) electrons. The van der Waals surface area contributed by atoms with Crippen molar-refractivity contribution in [1.82, 2.24) is 9.80 Å². The molecule has 2 saturated heterocycles. The van der Waals surface area contributed by atoms with Crippen molar-refractivity contribution < 1.29 is 37.3 Å². The van der Waals surface area contributed by atoms with Gasteiger partial charge in [-0.2, -0.15) is 13.2 Å². The number of piperidine rings is 1. The summed E-state index contributed by atoms with van der Waals surface area (Å²) in [5, 5.41) is 10.1. The summed E-state index contributed by atoms with van der Waals surface area (Å²) in [7, 11) is 0. The van der Waals surface area contributed by atoms with Gasteiger partial charge >= 0.3 is 18.4 Å². The largest absolute Gasteiger partial charge is 0.465 e. The van der Waals surface area contributed by atoms with Crippen LogP contribution in [-0.4, -0.2) is 84.3 Å². The normalized spacial score (nSPS) is 19.5. The molecule has 1 aromatic rings. The Morgan fingerprint density at radius 3 is 2.38 bits per heavy atom. The Hall–Kier alpha value is -2.69. The summed E-state index contributed by atoms with van der Waals surface area (Å²) < 4.78 is 48.1. The predicted molar refractivity (Wildman–Crippen MR) is 119 cm³/mol. The molecule has 2 aliphatic rings. The van der Waals surface area contributed by atoms with Crippen LogP contribution >= 0.6 is 0 Å². The topological polar surface area (TPSA) is 82.6 Å². The number of alkyl halides is 3. The monoisotopic (exact) mass is 487 g/mol. The molecule has 1 aromatic carbocycles. The SMILES string of the molecule is Cc1ccc(CN(C(=O)O)C2(C)CCN(C(=O)OC(C)C(F)(F)F)CC2)c(N2CCOCC2)c1. The standard InChI is InChI=1S/C23H32F3N3O5/c1-16-4-5-18(19(14-16)27-10-12-33-13-11-27)15-29(20(30)31)22(3)6-8-28(9-7-22)21(32)34-17(2)23(24,25)26/h4-5,14,17H,6-13,15H2,1-3H3,(H,30,31). The predicted octanol–water partition coefficient (Wildman–Crippen LogP) is 4.25. The number of ether oxygens (including phenoxy) is 2. The van der Waals surface area contributed by atoms with E-state index in [0.717, 1.165) is 23.7 Å². The van der Waals surface area contributed by atoms with Gasteiger partial charge in [0.1, 0.15) is 0 Å². The van der Waals surface area contributed by atoms with E-state index in [2.05, 4.69) is 9.64 Å². The van der Waals surface area contributed by atoms with Crippen molar-refractivity contribution in [2.75, 3.05) is 44.3 Å². The van der Waals surface area contributed by atoms with E-state index in [1.807, 2.05) is 32.0 Å². The molecule has 3 rings (SSSR count). The maximum atomic E-state index is 12.7. The summed E-state index contributed by atoms with van der Waals surface area (Å²) in [5.41, 5.74) is 2.13. The molecule has 2 fully saturated rings. The third kappa shape index (κ3) is 6.05. The summed E-state index contributed by atoms with van der Waals surface area (Å²) in [6.07, 6.45) is -8.39. The van der Waals surface area contributed by atoms with Gasteiger partial charge in [-0.25, -0.2) is 9.59 Å². The molecule has 0 aliphatic carbocycles. The second-order valence-corrected chi connectivity index (χ2v) is 9.15. The van der Waals surface area contributed by atoms with Crippen molar-refractivity contribution in [3.63, 3.8) is 0 Å². The first kappa shape index (κ1) is 25.9. The Morgan fingerprint density at radius 2 is 1.82 bits per heavy atom. The molecule has 0 bridgehead atoms. The number of likely N-dealkylation sites (tertiary alicyclic amines) is 1. The number of aryl methyl sites for hydroxylation is 1. The van der Waals surface area contributed by atoms with E-state index in [9.17, 15) is 27.9 Å². The number of carbonyl (C=O) groups excluding carboxylic acids is 1. The average molecular weight is 488 g/mol. The zero-order valence-electron chi connectivity index (χ0n) is 19.7. The molecule has 0 spiro atoms. The molecular weight excluding hydrogens is 455 g/mol. The molecule has 1 atom stereocenters. The number of carbonyl (C=O) groups is 2. The molecule has 1 N–H and O–H groups in total. The third-order valence-corrected chi connectivity index (χ3v) is 6.64. The van der Waals surface area contributed by atoms with Gasteiger partial charge in [-0.05, 0) is 50.8 Å². The Balaban J connectivity index is 1.72. The Kier molecular flexibility index (Phi) is 7.84. The van der Waals surface area contributed by atoms with Crippen molar-refractivity contribution in [3.8, 4) is 0 Å². The summed E-state index contributed by atoms with van der Waals surface area (Å²) in [5.74, 6) is 0. The van der Waals surface area contributed by atoms with E-state index in [1.165, 1.54) is 9.80 Å². The maximum absolute atomic E-state index is 12.7. The highest BCUT2D eigenvalue weighted by Gasteiger charge is 2.43. The summed E-state index contributed by atoms with van der Waals surface area (Å²) in [6, 6.07) is 5.93. The van der Waals surface area contributed by atoms with E-state index < -0.39 is 30.0 Å². The number of hydrogen-bond acceptors (Lipinski definition) is 5. The van der Waals surface area contributed by atoms with Gasteiger partial charge in [0.2, 0.25) is 0 Å². The number of nitrogens with zero attached hydrogens (tertiary/aromatic N) is 3. The van der Waals surface area contributed by atoms with Crippen molar-refractivity contribution >= 4 is 17.9 Å². The smallest absolute Gasteiger partial charge is 0.425 e. The van der Waals surface area contributed by atoms with Crippen LogP contribution in [0.25, 0.3) is 0 Å². The molecule has 2 amide bonds. The number of hydrogen-bond donors (Lipinski definition) is 1. The van der Waals surface area contributed by atoms with Gasteiger partial charge in [0.15, 0.2) is 6.10 Å². The lowest BCUT2D eigenvalue weighted by molar-refractivity contribution is -0.200. The van der Waals surface area contributed by atoms with Crippen LogP contribution in [-0.2, 0) is 16.0 Å². The minimum absolute atomic E-state index is 0.105. The van der Waals surface area contributed by atoms with E-state index in [1.54, 1.807) is 0 Å². The Bertz CT molecular complexity index is 881. The van der Waals surface area contributed by atoms with Gasteiger partial charge < -0.3 is 24.4 Å². The first-order valence-corrected chi connectivity index (χ1v) is 11.4. The first-order chi connectivity index (χ1) is 15.9. The van der Waals surface area contributed by atoms with Gasteiger partial charge in [0, 0.05) is 37.4 Å². The second-order valence-electron chi connectivity index (χ2n) is 9.15. The number of amides is 2. The van der Waals surface area contributed by atoms with Crippen molar-refractivity contribution in [2.45, 2.75) is 58.0 Å². The van der Waals surface area contributed by atoms with E-state index in [-0.39, 0.29) is 32.5 Å². The van der Waals surface area contributed by atoms with Gasteiger partial charge in [-0.1, -0.05) is 12.1 Å². The van der Waals surface area contributed by atoms with Crippen LogP contribution in [0.15, 0.2) is 18.2 Å². The molecule has 2 heterocycles. The van der Waals surface area contributed by atoms with Gasteiger partial charge in [-0.3, -0.25) is 4.90 Å². The summed E-state index contributed by atoms with van der Waals surface area (Å²) >= 11 is 0. The average Bonchev–Trinajstić information content (AvgIpc) is 2.78. The minimum atomic E-state index is -4.63. The number of morpholine rings is 1. The van der Waals surface area contributed by atoms with Crippen LogP contribution in [0.5, 0.6) is 0 Å². The van der Waals surface area contributed by atoms with Gasteiger partial charge in [-0.15, -0.1) is 0 Å². The quantitative estimate of drug-likeness (QED) is 0.669. The zero-order valence-corrected chi connectivity index (χ0v) is 19.7. The zero-order chi connectivity index (χ0) is 25.1. The molecule has 1 unspecified atom stereocenters. The van der Waals surface area contributed by atoms with Crippen molar-refractivity contribution in [3.05, 3.63) is 29.3 Å². The Labute approximate surface area is 197 Å². The van der Waals surface area contributed by atoms with Gasteiger partial charge in [0.25, 0.3) is 0 Å². The highest BCUT2D eigenvalue weighted by atomic mass is 19.4. The van der Waals surface area contributed by atoms with Crippen LogP contribution in [0, 0.1) is 6.92 Å². The van der Waals surface area contributed by atoms with Crippen LogP contribution in [0.2, 0.25) is 0 Å². The molecule has 8 nitrogen and oxygen atoms in total. The molecular formula is C23H32F3N3O5. The number of halogens is 3. The molecule has 2 aliphatic heterocycles. The lowest BCUT2D eigenvalue weighted by Gasteiger charge is -2.45. The first-order valence-electron chi connectivity index (χ1n) is 11.4. The molecule has 11 heteroatoms. The van der Waals surface area contributed by atoms with Crippen LogP contribution in [0.4, 0.5) is 28.4 Å². The molecule has 34 heavy (non-hydrogen) atoms. The number of rotatable bonds is 5. The fourth-order valence-corrected chi connectivity index (χ4v) is 4.30. The maximum Gasteiger partial charge on any atom is 0.425 e. The summed E-state index contributed by atoms with van der Waals surface area (Å²) in [6.45, 7) is 7.59. The van der Waals surface area contributed by atoms with E-state index >= 15 is 0 Å². The molecule has 0 aromatic heterocycles. The summed E-state index contributed by atoms with van der Waals surface area (Å²) in [4.78, 5) is 29.2. The fraction of sp³-hybridized carbons (Fsp3) is 0.652. The fourth-order valence-electron chi connectivity index (χ4n) is 4.30. The lowest BCUT2D eigenvalue weighted by atomic mass is 9.87. The van der Waals surface area contributed by atoms with Crippen LogP contribution in [0.3, 0.4) is 0 Å². The number of anilines is 1. The van der Waals surface area contributed by atoms with Crippen LogP contribution in [0.1, 0.15) is 37.8 Å². The van der Waals surface area contributed by atoms with E-state index in [4.69, 9.17) is 4.74 Å². The Morgan fingerprint density at radius 1 is 1.21 bits per heavy atom. The third-order valence-electron chi connectivity index (χ3n) is 6.64. The number of carboxylic acid groups (broad SMARTS) is 1. The molecule has 0 saturated carbocycles. The number of benzene rings is 1. The van der Waals surface area contributed by atoms with Crippen molar-refractivity contribution in [1.29, 1.82) is 0 Å².